The van der Waals surface area contributed by atoms with Gasteiger partial charge < -0.3 is 5.32 Å². The van der Waals surface area contributed by atoms with E-state index >= 15 is 0 Å². The van der Waals surface area contributed by atoms with Crippen LogP contribution in [0.2, 0.25) is 5.15 Å². The van der Waals surface area contributed by atoms with Crippen molar-refractivity contribution in [3.63, 3.8) is 0 Å². The Hall–Kier alpha value is -1.87. The number of hydrogen-bond acceptors (Lipinski definition) is 2. The van der Waals surface area contributed by atoms with Crippen LogP contribution in [0.15, 0.2) is 30.5 Å². The van der Waals surface area contributed by atoms with Crippen LogP contribution < -0.4 is 5.32 Å². The Labute approximate surface area is 117 Å². The Morgan fingerprint density at radius 3 is 2.37 bits per heavy atom. The molecule has 98 valence electrons. The van der Waals surface area contributed by atoms with Crippen molar-refractivity contribution in [3.8, 4) is 0 Å². The molecule has 1 aromatic heterocycles. The molecule has 0 aliphatic heterocycles. The quantitative estimate of drug-likeness (QED) is 0.844. The topological polar surface area (TPSA) is 42.0 Å². The second kappa shape index (κ2) is 5.41. The van der Waals surface area contributed by atoms with Gasteiger partial charge in [0.15, 0.2) is 0 Å². The van der Waals surface area contributed by atoms with Gasteiger partial charge >= 0.3 is 0 Å². The number of halogens is 1. The van der Waals surface area contributed by atoms with E-state index in [1.807, 2.05) is 39.0 Å². The van der Waals surface area contributed by atoms with Gasteiger partial charge in [0.1, 0.15) is 5.15 Å². The van der Waals surface area contributed by atoms with Crippen molar-refractivity contribution in [2.45, 2.75) is 20.8 Å². The van der Waals surface area contributed by atoms with E-state index in [0.29, 0.717) is 16.4 Å². The number of hydrogen-bond donors (Lipinski definition) is 1. The SMILES string of the molecule is Cc1cc(NC(=O)c2c(C)cccc2C)cnc1Cl. The van der Waals surface area contributed by atoms with Gasteiger partial charge in [0.05, 0.1) is 11.9 Å². The van der Waals surface area contributed by atoms with Gasteiger partial charge in [-0.2, -0.15) is 0 Å². The first-order valence-corrected chi connectivity index (χ1v) is 6.36. The predicted octanol–water partition coefficient (Wildman–Crippen LogP) is 3.91. The zero-order valence-electron chi connectivity index (χ0n) is 11.1. The van der Waals surface area contributed by atoms with E-state index in [-0.39, 0.29) is 5.91 Å². The summed E-state index contributed by atoms with van der Waals surface area (Å²) < 4.78 is 0. The molecule has 1 amide bonds. The number of anilines is 1. The lowest BCUT2D eigenvalue weighted by atomic mass is 10.0. The van der Waals surface area contributed by atoms with Crippen LogP contribution in [0.1, 0.15) is 27.0 Å². The van der Waals surface area contributed by atoms with Crippen molar-refractivity contribution in [1.82, 2.24) is 4.98 Å². The molecule has 0 fully saturated rings. The normalized spacial score (nSPS) is 10.3. The highest BCUT2D eigenvalue weighted by molar-refractivity contribution is 6.30. The molecule has 0 spiro atoms. The van der Waals surface area contributed by atoms with Crippen LogP contribution in [0.4, 0.5) is 5.69 Å². The molecule has 2 rings (SSSR count). The molecule has 4 heteroatoms. The number of aromatic nitrogens is 1. The van der Waals surface area contributed by atoms with Crippen LogP contribution in [-0.2, 0) is 0 Å². The maximum Gasteiger partial charge on any atom is 0.256 e. The molecular weight excluding hydrogens is 260 g/mol. The lowest BCUT2D eigenvalue weighted by Crippen LogP contribution is -2.15. The molecule has 0 aliphatic rings. The van der Waals surface area contributed by atoms with Gasteiger partial charge in [-0.05, 0) is 43.5 Å². The number of aryl methyl sites for hydroxylation is 3. The summed E-state index contributed by atoms with van der Waals surface area (Å²) in [4.78, 5) is 16.3. The molecule has 0 radical (unpaired) electrons. The Balaban J connectivity index is 2.28. The number of nitrogens with one attached hydrogen (secondary N) is 1. The minimum absolute atomic E-state index is 0.126. The molecule has 1 heterocycles. The van der Waals surface area contributed by atoms with Crippen LogP contribution in [0, 0.1) is 20.8 Å². The fourth-order valence-electron chi connectivity index (χ4n) is 1.99. The van der Waals surface area contributed by atoms with Crippen LogP contribution in [0.5, 0.6) is 0 Å². The van der Waals surface area contributed by atoms with Gasteiger partial charge in [-0.1, -0.05) is 29.8 Å². The third kappa shape index (κ3) is 2.93. The lowest BCUT2D eigenvalue weighted by Gasteiger charge is -2.10. The van der Waals surface area contributed by atoms with E-state index in [1.165, 1.54) is 0 Å². The monoisotopic (exact) mass is 274 g/mol. The maximum absolute atomic E-state index is 12.3. The van der Waals surface area contributed by atoms with Crippen LogP contribution in [0.25, 0.3) is 0 Å². The largest absolute Gasteiger partial charge is 0.321 e. The van der Waals surface area contributed by atoms with Crippen LogP contribution in [-0.4, -0.2) is 10.9 Å². The third-order valence-electron chi connectivity index (χ3n) is 2.98. The highest BCUT2D eigenvalue weighted by Crippen LogP contribution is 2.19. The molecule has 1 N–H and O–H groups in total. The van der Waals surface area contributed by atoms with E-state index in [1.54, 1.807) is 12.3 Å². The van der Waals surface area contributed by atoms with Crippen LogP contribution >= 0.6 is 11.6 Å². The van der Waals surface area contributed by atoms with Crippen molar-refractivity contribution in [2.75, 3.05) is 5.32 Å². The molecule has 0 atom stereocenters. The number of amides is 1. The average molecular weight is 275 g/mol. The minimum atomic E-state index is -0.126. The van der Waals surface area contributed by atoms with E-state index in [4.69, 9.17) is 11.6 Å². The first-order chi connectivity index (χ1) is 8.99. The summed E-state index contributed by atoms with van der Waals surface area (Å²) in [7, 11) is 0. The molecule has 1 aromatic carbocycles. The molecule has 0 aliphatic carbocycles. The molecule has 2 aromatic rings. The predicted molar refractivity (Wildman–Crippen MR) is 77.9 cm³/mol. The van der Waals surface area contributed by atoms with Crippen molar-refractivity contribution in [2.24, 2.45) is 0 Å². The molecule has 3 nitrogen and oxygen atoms in total. The Kier molecular flexibility index (Phi) is 3.86. The Bertz CT molecular complexity index is 618. The van der Waals surface area contributed by atoms with Gasteiger partial charge in [0.2, 0.25) is 0 Å². The fraction of sp³-hybridized carbons (Fsp3) is 0.200. The summed E-state index contributed by atoms with van der Waals surface area (Å²) in [6.07, 6.45) is 1.56. The summed E-state index contributed by atoms with van der Waals surface area (Å²) in [5.74, 6) is -0.126. The Morgan fingerprint density at radius 2 is 1.79 bits per heavy atom. The van der Waals surface area contributed by atoms with E-state index in [9.17, 15) is 4.79 Å². The van der Waals surface area contributed by atoms with Crippen molar-refractivity contribution < 1.29 is 4.79 Å². The second-order valence-corrected chi connectivity index (χ2v) is 4.91. The van der Waals surface area contributed by atoms with E-state index in [2.05, 4.69) is 10.3 Å². The first-order valence-electron chi connectivity index (χ1n) is 5.98. The summed E-state index contributed by atoms with van der Waals surface area (Å²) in [6.45, 7) is 5.70. The molecule has 0 unspecified atom stereocenters. The zero-order chi connectivity index (χ0) is 14.0. The zero-order valence-corrected chi connectivity index (χ0v) is 11.9. The van der Waals surface area contributed by atoms with Gasteiger partial charge in [-0.3, -0.25) is 4.79 Å². The van der Waals surface area contributed by atoms with Crippen molar-refractivity contribution in [3.05, 3.63) is 57.9 Å². The van der Waals surface area contributed by atoms with Gasteiger partial charge in [-0.25, -0.2) is 4.98 Å². The number of nitrogens with zero attached hydrogens (tertiary/aromatic N) is 1. The molecule has 0 saturated carbocycles. The van der Waals surface area contributed by atoms with Gasteiger partial charge in [0, 0.05) is 5.56 Å². The highest BCUT2D eigenvalue weighted by Gasteiger charge is 2.12. The third-order valence-corrected chi connectivity index (χ3v) is 3.38. The number of carbonyl (C=O) groups excluding carboxylic acids is 1. The highest BCUT2D eigenvalue weighted by atomic mass is 35.5. The number of benzene rings is 1. The molecular formula is C15H15ClN2O. The summed E-state index contributed by atoms with van der Waals surface area (Å²) in [6, 6.07) is 7.59. The first kappa shape index (κ1) is 13.6. The van der Waals surface area contributed by atoms with Crippen LogP contribution in [0.3, 0.4) is 0 Å². The van der Waals surface area contributed by atoms with E-state index in [0.717, 1.165) is 16.7 Å². The molecule has 0 saturated heterocycles. The number of rotatable bonds is 2. The molecule has 0 bridgehead atoms. The van der Waals surface area contributed by atoms with Crippen molar-refractivity contribution in [1.29, 1.82) is 0 Å². The number of carbonyl (C=O) groups is 1. The standard InChI is InChI=1S/C15H15ClN2O/c1-9-5-4-6-10(2)13(9)15(19)18-12-7-11(3)14(16)17-8-12/h4-8H,1-3H3,(H,18,19). The van der Waals surface area contributed by atoms with Crippen molar-refractivity contribution >= 4 is 23.2 Å². The van der Waals surface area contributed by atoms with E-state index < -0.39 is 0 Å². The smallest absolute Gasteiger partial charge is 0.256 e. The lowest BCUT2D eigenvalue weighted by molar-refractivity contribution is 0.102. The average Bonchev–Trinajstić information content (AvgIpc) is 2.33. The maximum atomic E-state index is 12.3. The summed E-state index contributed by atoms with van der Waals surface area (Å²) >= 11 is 5.86. The number of pyridine rings is 1. The summed E-state index contributed by atoms with van der Waals surface area (Å²) in [5, 5.41) is 3.30. The molecule has 19 heavy (non-hydrogen) atoms. The fourth-order valence-corrected chi connectivity index (χ4v) is 2.10. The van der Waals surface area contributed by atoms with Gasteiger partial charge in [-0.15, -0.1) is 0 Å². The summed E-state index contributed by atoms with van der Waals surface area (Å²) in [5.41, 5.74) is 4.10. The Morgan fingerprint density at radius 1 is 1.16 bits per heavy atom. The minimum Gasteiger partial charge on any atom is -0.321 e. The van der Waals surface area contributed by atoms with Gasteiger partial charge in [0.25, 0.3) is 5.91 Å². The second-order valence-electron chi connectivity index (χ2n) is 4.55.